The molecule has 23 heavy (non-hydrogen) atoms. The van der Waals surface area contributed by atoms with Crippen LogP contribution >= 0.6 is 0 Å². The second-order valence-corrected chi connectivity index (χ2v) is 4.63. The second-order valence-electron chi connectivity index (χ2n) is 4.63. The van der Waals surface area contributed by atoms with Gasteiger partial charge in [-0.3, -0.25) is 14.9 Å². The Bertz CT molecular complexity index is 733. The number of benzene rings is 1. The molecule has 0 saturated carbocycles. The Morgan fingerprint density at radius 1 is 1.35 bits per heavy atom. The molecular weight excluding hydrogens is 302 g/mol. The number of nitro groups is 1. The second kappa shape index (κ2) is 7.21. The monoisotopic (exact) mass is 317 g/mol. The Balaban J connectivity index is 1.95. The molecule has 0 spiro atoms. The van der Waals surface area contributed by atoms with E-state index in [-0.39, 0.29) is 18.1 Å². The van der Waals surface area contributed by atoms with Crippen LogP contribution in [0.5, 0.6) is 11.5 Å². The van der Waals surface area contributed by atoms with Crippen LogP contribution in [0.2, 0.25) is 0 Å². The van der Waals surface area contributed by atoms with Crippen LogP contribution in [-0.4, -0.2) is 29.5 Å². The lowest BCUT2D eigenvalue weighted by Crippen LogP contribution is -2.21. The van der Waals surface area contributed by atoms with Gasteiger partial charge in [0.1, 0.15) is 23.5 Å². The van der Waals surface area contributed by atoms with Crippen molar-refractivity contribution < 1.29 is 19.2 Å². The molecule has 0 radical (unpaired) electrons. The van der Waals surface area contributed by atoms with Crippen molar-refractivity contribution in [3.05, 3.63) is 52.2 Å². The van der Waals surface area contributed by atoms with Gasteiger partial charge in [0.05, 0.1) is 12.0 Å². The molecular formula is C15H15N3O5. The summed E-state index contributed by atoms with van der Waals surface area (Å²) in [6.07, 6.45) is 1.09. The minimum Gasteiger partial charge on any atom is -0.497 e. The maximum atomic E-state index is 11.9. The topological polar surface area (TPSA) is 104 Å². The molecule has 0 bridgehead atoms. The summed E-state index contributed by atoms with van der Waals surface area (Å²) in [5.74, 6) is 0.954. The lowest BCUT2D eigenvalue weighted by Gasteiger charge is -2.09. The molecule has 8 nitrogen and oxygen atoms in total. The fourth-order valence-electron chi connectivity index (χ4n) is 1.80. The van der Waals surface area contributed by atoms with Crippen molar-refractivity contribution in [2.24, 2.45) is 0 Å². The number of hydrogen-bond acceptors (Lipinski definition) is 6. The number of amides is 1. The third-order valence-electron chi connectivity index (χ3n) is 2.94. The summed E-state index contributed by atoms with van der Waals surface area (Å²) < 4.78 is 10.4. The predicted molar refractivity (Wildman–Crippen MR) is 82.7 cm³/mol. The van der Waals surface area contributed by atoms with E-state index < -0.39 is 10.8 Å². The molecule has 1 amide bonds. The zero-order valence-corrected chi connectivity index (χ0v) is 12.6. The minimum atomic E-state index is -0.544. The summed E-state index contributed by atoms with van der Waals surface area (Å²) in [5, 5.41) is 13.2. The van der Waals surface area contributed by atoms with E-state index in [1.165, 1.54) is 13.2 Å². The van der Waals surface area contributed by atoms with Crippen molar-refractivity contribution in [1.29, 1.82) is 0 Å². The molecule has 0 aliphatic rings. The number of pyridine rings is 1. The average Bonchev–Trinajstić information content (AvgIpc) is 2.55. The molecule has 0 fully saturated rings. The van der Waals surface area contributed by atoms with Crippen molar-refractivity contribution in [2.75, 3.05) is 19.0 Å². The van der Waals surface area contributed by atoms with Crippen molar-refractivity contribution in [3.8, 4) is 11.5 Å². The number of methoxy groups -OCH3 is 1. The van der Waals surface area contributed by atoms with Gasteiger partial charge in [-0.1, -0.05) is 6.07 Å². The van der Waals surface area contributed by atoms with Gasteiger partial charge in [0, 0.05) is 12.1 Å². The first-order valence-corrected chi connectivity index (χ1v) is 6.67. The highest BCUT2D eigenvalue weighted by Gasteiger charge is 2.12. The Kier molecular flexibility index (Phi) is 5.08. The predicted octanol–water partition coefficient (Wildman–Crippen LogP) is 2.32. The summed E-state index contributed by atoms with van der Waals surface area (Å²) in [4.78, 5) is 25.8. The maximum absolute atomic E-state index is 11.9. The molecule has 1 aromatic carbocycles. The van der Waals surface area contributed by atoms with Crippen LogP contribution in [0, 0.1) is 17.0 Å². The fraction of sp³-hybridized carbons (Fsp3) is 0.200. The fourth-order valence-corrected chi connectivity index (χ4v) is 1.80. The number of carbonyl (C=O) groups is 1. The number of rotatable bonds is 6. The molecule has 0 aliphatic heterocycles. The standard InChI is InChI=1S/C15H15N3O5/c1-10-6-11(18(20)21)8-16-15(10)17-14(19)9-23-13-5-3-4-12(7-13)22-2/h3-8H,9H2,1-2H3,(H,16,17,19). The molecule has 2 rings (SSSR count). The zero-order chi connectivity index (χ0) is 16.8. The third kappa shape index (κ3) is 4.40. The average molecular weight is 317 g/mol. The molecule has 1 aromatic heterocycles. The van der Waals surface area contributed by atoms with Gasteiger partial charge in [-0.2, -0.15) is 0 Å². The smallest absolute Gasteiger partial charge is 0.287 e. The molecule has 120 valence electrons. The first kappa shape index (κ1) is 16.2. The summed E-state index contributed by atoms with van der Waals surface area (Å²) in [7, 11) is 1.54. The Morgan fingerprint density at radius 3 is 2.74 bits per heavy atom. The van der Waals surface area contributed by atoms with Crippen molar-refractivity contribution in [3.63, 3.8) is 0 Å². The van der Waals surface area contributed by atoms with Gasteiger partial charge in [-0.15, -0.1) is 0 Å². The SMILES string of the molecule is COc1cccc(OCC(=O)Nc2ncc([N+](=O)[O-])cc2C)c1. The zero-order valence-electron chi connectivity index (χ0n) is 12.6. The number of carbonyl (C=O) groups excluding carboxylic acids is 1. The van der Waals surface area contributed by atoms with E-state index in [9.17, 15) is 14.9 Å². The van der Waals surface area contributed by atoms with Gasteiger partial charge < -0.3 is 14.8 Å². The maximum Gasteiger partial charge on any atom is 0.287 e. The minimum absolute atomic E-state index is 0.131. The highest BCUT2D eigenvalue weighted by molar-refractivity contribution is 5.91. The molecule has 8 heteroatoms. The molecule has 0 saturated heterocycles. The molecule has 2 aromatic rings. The van der Waals surface area contributed by atoms with Gasteiger partial charge in [0.15, 0.2) is 6.61 Å². The van der Waals surface area contributed by atoms with Gasteiger partial charge >= 0.3 is 0 Å². The molecule has 0 unspecified atom stereocenters. The van der Waals surface area contributed by atoms with Crippen LogP contribution in [-0.2, 0) is 4.79 Å². The number of aryl methyl sites for hydroxylation is 1. The molecule has 0 atom stereocenters. The van der Waals surface area contributed by atoms with Crippen molar-refractivity contribution >= 4 is 17.4 Å². The number of anilines is 1. The molecule has 1 heterocycles. The largest absolute Gasteiger partial charge is 0.497 e. The van der Waals surface area contributed by atoms with Crippen molar-refractivity contribution in [2.45, 2.75) is 6.92 Å². The molecule has 0 aliphatic carbocycles. The summed E-state index contributed by atoms with van der Waals surface area (Å²) in [5.41, 5.74) is 0.363. The number of hydrogen-bond donors (Lipinski definition) is 1. The Hall–Kier alpha value is -3.16. The first-order valence-electron chi connectivity index (χ1n) is 6.67. The lowest BCUT2D eigenvalue weighted by atomic mass is 10.2. The van der Waals surface area contributed by atoms with E-state index in [4.69, 9.17) is 9.47 Å². The number of aromatic nitrogens is 1. The molecule has 1 N–H and O–H groups in total. The number of nitrogens with zero attached hydrogens (tertiary/aromatic N) is 2. The van der Waals surface area contributed by atoms with E-state index >= 15 is 0 Å². The van der Waals surface area contributed by atoms with E-state index in [0.717, 1.165) is 6.20 Å². The quantitative estimate of drug-likeness (QED) is 0.647. The highest BCUT2D eigenvalue weighted by atomic mass is 16.6. The van der Waals surface area contributed by atoms with Crippen molar-refractivity contribution in [1.82, 2.24) is 4.98 Å². The van der Waals surface area contributed by atoms with Crippen LogP contribution in [0.4, 0.5) is 11.5 Å². The van der Waals surface area contributed by atoms with Gasteiger partial charge in [0.25, 0.3) is 11.6 Å². The van der Waals surface area contributed by atoms with E-state index in [0.29, 0.717) is 17.1 Å². The number of ether oxygens (including phenoxy) is 2. The van der Waals surface area contributed by atoms with Crippen LogP contribution < -0.4 is 14.8 Å². The highest BCUT2D eigenvalue weighted by Crippen LogP contribution is 2.20. The normalized spacial score (nSPS) is 10.0. The van der Waals surface area contributed by atoms with Crippen LogP contribution in [0.15, 0.2) is 36.5 Å². The van der Waals surface area contributed by atoms with Crippen LogP contribution in [0.3, 0.4) is 0 Å². The first-order chi connectivity index (χ1) is 11.0. The summed E-state index contributed by atoms with van der Waals surface area (Å²) in [6.45, 7) is 1.41. The summed E-state index contributed by atoms with van der Waals surface area (Å²) >= 11 is 0. The summed E-state index contributed by atoms with van der Waals surface area (Å²) in [6, 6.07) is 8.20. The van der Waals surface area contributed by atoms with Crippen LogP contribution in [0.25, 0.3) is 0 Å². The van der Waals surface area contributed by atoms with Gasteiger partial charge in [0.2, 0.25) is 0 Å². The van der Waals surface area contributed by atoms with Crippen LogP contribution in [0.1, 0.15) is 5.56 Å². The Morgan fingerprint density at radius 2 is 2.09 bits per heavy atom. The van der Waals surface area contributed by atoms with E-state index in [2.05, 4.69) is 10.3 Å². The Labute approximate surface area is 132 Å². The third-order valence-corrected chi connectivity index (χ3v) is 2.94. The van der Waals surface area contributed by atoms with E-state index in [1.54, 1.807) is 31.2 Å². The van der Waals surface area contributed by atoms with Gasteiger partial charge in [-0.25, -0.2) is 4.98 Å². The number of nitrogens with one attached hydrogen (secondary N) is 1. The lowest BCUT2D eigenvalue weighted by molar-refractivity contribution is -0.385. The van der Waals surface area contributed by atoms with Gasteiger partial charge in [-0.05, 0) is 24.6 Å². The van der Waals surface area contributed by atoms with E-state index in [1.807, 2.05) is 0 Å².